The fourth-order valence-electron chi connectivity index (χ4n) is 3.47. The second-order valence-corrected chi connectivity index (χ2v) is 6.92. The molecule has 0 bridgehead atoms. The van der Waals surface area contributed by atoms with Gasteiger partial charge in [-0.1, -0.05) is 31.7 Å². The van der Waals surface area contributed by atoms with E-state index in [1.54, 1.807) is 18.5 Å². The second kappa shape index (κ2) is 9.22. The number of nitrogens with zero attached hydrogens (tertiary/aromatic N) is 1. The van der Waals surface area contributed by atoms with E-state index in [0.29, 0.717) is 36.1 Å². The third-order valence-corrected chi connectivity index (χ3v) is 4.96. The number of rotatable bonds is 7. The Hall–Kier alpha value is -2.56. The number of aromatic nitrogens is 1. The number of benzene rings is 1. The lowest BCUT2D eigenvalue weighted by atomic mass is 10.0. The van der Waals surface area contributed by atoms with Gasteiger partial charge in [0, 0.05) is 18.9 Å². The number of carbonyl (C=O) groups is 1. The molecule has 1 aromatic heterocycles. The highest BCUT2D eigenvalue weighted by Gasteiger charge is 2.17. The van der Waals surface area contributed by atoms with Gasteiger partial charge in [0.2, 0.25) is 0 Å². The zero-order valence-electron chi connectivity index (χ0n) is 15.1. The highest BCUT2D eigenvalue weighted by Crippen LogP contribution is 2.31. The fraction of sp³-hybridized carbons (Fsp3) is 0.429. The molecule has 0 aliphatic heterocycles. The van der Waals surface area contributed by atoms with Crippen molar-refractivity contribution in [1.29, 1.82) is 0 Å². The quantitative estimate of drug-likeness (QED) is 0.733. The van der Waals surface area contributed by atoms with E-state index >= 15 is 0 Å². The summed E-state index contributed by atoms with van der Waals surface area (Å²) in [7, 11) is 0. The predicted octanol–water partition coefficient (Wildman–Crippen LogP) is 4.14. The molecule has 3 N–H and O–H groups in total. The number of nitrogens with one attached hydrogen (secondary N) is 1. The van der Waals surface area contributed by atoms with Crippen LogP contribution in [0.2, 0.25) is 0 Å². The monoisotopic (exact) mass is 353 g/mol. The lowest BCUT2D eigenvalue weighted by Crippen LogP contribution is -2.17. The SMILES string of the molecule is NC(=O)c1cccc(OCC2CCCCCC2)c1NCc1ccncc1. The summed E-state index contributed by atoms with van der Waals surface area (Å²) in [5.41, 5.74) is 7.77. The molecule has 0 unspecified atom stereocenters. The van der Waals surface area contributed by atoms with Crippen molar-refractivity contribution in [2.75, 3.05) is 11.9 Å². The van der Waals surface area contributed by atoms with Crippen molar-refractivity contribution >= 4 is 11.6 Å². The van der Waals surface area contributed by atoms with Crippen LogP contribution in [-0.4, -0.2) is 17.5 Å². The zero-order valence-corrected chi connectivity index (χ0v) is 15.1. The summed E-state index contributed by atoms with van der Waals surface area (Å²) in [6.07, 6.45) is 11.1. The van der Waals surface area contributed by atoms with Crippen LogP contribution in [0.25, 0.3) is 0 Å². The largest absolute Gasteiger partial charge is 0.491 e. The van der Waals surface area contributed by atoms with Gasteiger partial charge in [0.05, 0.1) is 17.9 Å². The molecule has 1 saturated carbocycles. The van der Waals surface area contributed by atoms with Crippen LogP contribution >= 0.6 is 0 Å². The number of para-hydroxylation sites is 1. The highest BCUT2D eigenvalue weighted by atomic mass is 16.5. The van der Waals surface area contributed by atoms with Gasteiger partial charge in [-0.05, 0) is 48.6 Å². The first kappa shape index (κ1) is 18.2. The first-order valence-electron chi connectivity index (χ1n) is 9.42. The number of hydrogen-bond donors (Lipinski definition) is 2. The van der Waals surface area contributed by atoms with Crippen molar-refractivity contribution in [3.8, 4) is 5.75 Å². The minimum absolute atomic E-state index is 0.456. The third-order valence-electron chi connectivity index (χ3n) is 4.96. The fourth-order valence-corrected chi connectivity index (χ4v) is 3.47. The first-order chi connectivity index (χ1) is 12.7. The van der Waals surface area contributed by atoms with Crippen LogP contribution in [0, 0.1) is 5.92 Å². The molecule has 0 spiro atoms. The van der Waals surface area contributed by atoms with Crippen LogP contribution in [0.5, 0.6) is 5.75 Å². The molecule has 1 fully saturated rings. The molecule has 2 aromatic rings. The Morgan fingerprint density at radius 3 is 2.54 bits per heavy atom. The maximum Gasteiger partial charge on any atom is 0.250 e. The molecule has 26 heavy (non-hydrogen) atoms. The molecule has 0 atom stereocenters. The van der Waals surface area contributed by atoms with E-state index in [1.165, 1.54) is 38.5 Å². The first-order valence-corrected chi connectivity index (χ1v) is 9.42. The van der Waals surface area contributed by atoms with Crippen molar-refractivity contribution < 1.29 is 9.53 Å². The molecule has 1 aliphatic rings. The van der Waals surface area contributed by atoms with Gasteiger partial charge in [-0.2, -0.15) is 0 Å². The Morgan fingerprint density at radius 2 is 1.85 bits per heavy atom. The van der Waals surface area contributed by atoms with Crippen LogP contribution in [-0.2, 0) is 6.54 Å². The molecule has 0 radical (unpaired) electrons. The number of carbonyl (C=O) groups excluding carboxylic acids is 1. The number of amides is 1. The van der Waals surface area contributed by atoms with Gasteiger partial charge in [0.25, 0.3) is 5.91 Å². The van der Waals surface area contributed by atoms with Crippen LogP contribution in [0.15, 0.2) is 42.7 Å². The van der Waals surface area contributed by atoms with Gasteiger partial charge < -0.3 is 15.8 Å². The van der Waals surface area contributed by atoms with E-state index in [1.807, 2.05) is 24.3 Å². The summed E-state index contributed by atoms with van der Waals surface area (Å²) >= 11 is 0. The number of ether oxygens (including phenoxy) is 1. The average Bonchev–Trinajstić information content (AvgIpc) is 2.94. The molecule has 1 aliphatic carbocycles. The average molecular weight is 353 g/mol. The Balaban J connectivity index is 1.73. The standard InChI is InChI=1S/C21H27N3O2/c22-21(25)18-8-5-9-19(26-15-17-6-3-1-2-4-7-17)20(18)24-14-16-10-12-23-13-11-16/h5,8-13,17,24H,1-4,6-7,14-15H2,(H2,22,25). The van der Waals surface area contributed by atoms with Gasteiger partial charge in [0.15, 0.2) is 0 Å². The van der Waals surface area contributed by atoms with E-state index < -0.39 is 5.91 Å². The lowest BCUT2D eigenvalue weighted by molar-refractivity contribution is 0.100. The minimum Gasteiger partial charge on any atom is -0.491 e. The summed E-state index contributed by atoms with van der Waals surface area (Å²) in [6, 6.07) is 9.33. The maximum atomic E-state index is 11.9. The minimum atomic E-state index is -0.456. The molecular formula is C21H27N3O2. The number of anilines is 1. The molecule has 1 aromatic carbocycles. The number of hydrogen-bond acceptors (Lipinski definition) is 4. The molecule has 138 valence electrons. The molecule has 5 nitrogen and oxygen atoms in total. The number of nitrogens with two attached hydrogens (primary N) is 1. The van der Waals surface area contributed by atoms with Gasteiger partial charge >= 0.3 is 0 Å². The van der Waals surface area contributed by atoms with E-state index in [2.05, 4.69) is 10.3 Å². The van der Waals surface area contributed by atoms with Crippen molar-refractivity contribution in [2.45, 2.75) is 45.1 Å². The Kier molecular flexibility index (Phi) is 6.47. The number of primary amides is 1. The summed E-state index contributed by atoms with van der Waals surface area (Å²) < 4.78 is 6.13. The Morgan fingerprint density at radius 1 is 1.12 bits per heavy atom. The van der Waals surface area contributed by atoms with Gasteiger partial charge in [-0.25, -0.2) is 0 Å². The Labute approximate surface area is 155 Å². The molecular weight excluding hydrogens is 326 g/mol. The van der Waals surface area contributed by atoms with E-state index in [0.717, 1.165) is 5.56 Å². The van der Waals surface area contributed by atoms with Crippen molar-refractivity contribution in [2.24, 2.45) is 11.7 Å². The second-order valence-electron chi connectivity index (χ2n) is 6.92. The molecule has 5 heteroatoms. The molecule has 0 saturated heterocycles. The smallest absolute Gasteiger partial charge is 0.250 e. The third kappa shape index (κ3) is 4.97. The van der Waals surface area contributed by atoms with Crippen LogP contribution in [0.3, 0.4) is 0 Å². The molecule has 1 amide bonds. The predicted molar refractivity (Wildman–Crippen MR) is 103 cm³/mol. The van der Waals surface area contributed by atoms with E-state index in [-0.39, 0.29) is 0 Å². The summed E-state index contributed by atoms with van der Waals surface area (Å²) in [4.78, 5) is 15.9. The number of pyridine rings is 1. The van der Waals surface area contributed by atoms with Gasteiger partial charge in [-0.15, -0.1) is 0 Å². The normalized spacial score (nSPS) is 15.2. The Bertz CT molecular complexity index is 710. The van der Waals surface area contributed by atoms with E-state index in [9.17, 15) is 4.79 Å². The van der Waals surface area contributed by atoms with Gasteiger partial charge in [-0.3, -0.25) is 9.78 Å². The molecule has 1 heterocycles. The zero-order chi connectivity index (χ0) is 18.2. The van der Waals surface area contributed by atoms with Crippen molar-refractivity contribution in [1.82, 2.24) is 4.98 Å². The summed E-state index contributed by atoms with van der Waals surface area (Å²) in [6.45, 7) is 1.26. The van der Waals surface area contributed by atoms with Crippen molar-refractivity contribution in [3.63, 3.8) is 0 Å². The van der Waals surface area contributed by atoms with Crippen molar-refractivity contribution in [3.05, 3.63) is 53.9 Å². The topological polar surface area (TPSA) is 77.2 Å². The van der Waals surface area contributed by atoms with E-state index in [4.69, 9.17) is 10.5 Å². The molecule has 3 rings (SSSR count). The van der Waals surface area contributed by atoms with Gasteiger partial charge in [0.1, 0.15) is 5.75 Å². The van der Waals surface area contributed by atoms with Crippen LogP contribution < -0.4 is 15.8 Å². The maximum absolute atomic E-state index is 11.9. The highest BCUT2D eigenvalue weighted by molar-refractivity contribution is 5.99. The van der Waals surface area contributed by atoms with Crippen LogP contribution in [0.1, 0.15) is 54.4 Å². The lowest BCUT2D eigenvalue weighted by Gasteiger charge is -2.19. The van der Waals surface area contributed by atoms with Crippen LogP contribution in [0.4, 0.5) is 5.69 Å². The summed E-state index contributed by atoms with van der Waals surface area (Å²) in [5, 5.41) is 3.33. The summed E-state index contributed by atoms with van der Waals surface area (Å²) in [5.74, 6) is 0.824.